The first-order chi connectivity index (χ1) is 28.8. The molecule has 12 aromatic rings. The van der Waals surface area contributed by atoms with Crippen LogP contribution < -0.4 is 0 Å². The minimum atomic E-state index is 0.533. The van der Waals surface area contributed by atoms with E-state index in [9.17, 15) is 0 Å². The number of furan rings is 1. The van der Waals surface area contributed by atoms with Crippen molar-refractivity contribution in [1.82, 2.24) is 19.5 Å². The first-order valence-electron chi connectivity index (χ1n) is 19.5. The van der Waals surface area contributed by atoms with Gasteiger partial charge in [-0.2, -0.15) is 9.97 Å². The largest absolute Gasteiger partial charge is 0.455 e. The Labute approximate surface area is 333 Å². The molecule has 0 aliphatic rings. The molecule has 9 aromatic carbocycles. The van der Waals surface area contributed by atoms with Crippen molar-refractivity contribution in [3.8, 4) is 51.0 Å². The Kier molecular flexibility index (Phi) is 7.16. The molecule has 0 fully saturated rings. The highest BCUT2D eigenvalue weighted by atomic mass is 16.3. The van der Waals surface area contributed by atoms with Crippen LogP contribution in [-0.4, -0.2) is 19.5 Å². The Hall–Kier alpha value is -7.89. The van der Waals surface area contributed by atoms with Crippen LogP contribution in [0.2, 0.25) is 0 Å². The standard InChI is InChI=1S/C53H32N4O/c1-2-14-33(15-3-1)39-24-13-28-46-49(39)43-22-6-8-27-45(43)57(46)53-55-51(54-52(56-53)44-26-12-25-42-41-21-7-9-29-47(41)58-50(42)44)37-19-10-18-36(32-37)40-23-11-17-35-31-30-34-16-4-5-20-38(34)48(35)40/h1-32H. The van der Waals surface area contributed by atoms with E-state index >= 15 is 0 Å². The molecule has 0 aliphatic carbocycles. The fourth-order valence-corrected chi connectivity index (χ4v) is 8.86. The molecule has 0 bridgehead atoms. The molecule has 0 atom stereocenters. The normalized spacial score (nSPS) is 11.8. The van der Waals surface area contributed by atoms with Crippen molar-refractivity contribution >= 4 is 65.3 Å². The van der Waals surface area contributed by atoms with Gasteiger partial charge < -0.3 is 4.42 Å². The molecule has 0 saturated carbocycles. The predicted molar refractivity (Wildman–Crippen MR) is 238 cm³/mol. The third-order valence-electron chi connectivity index (χ3n) is 11.5. The van der Waals surface area contributed by atoms with Crippen molar-refractivity contribution in [3.63, 3.8) is 0 Å². The summed E-state index contributed by atoms with van der Waals surface area (Å²) in [4.78, 5) is 16.0. The fourth-order valence-electron chi connectivity index (χ4n) is 8.86. The van der Waals surface area contributed by atoms with Crippen molar-refractivity contribution in [1.29, 1.82) is 0 Å². The zero-order chi connectivity index (χ0) is 38.2. The summed E-state index contributed by atoms with van der Waals surface area (Å²) in [5, 5.41) is 9.23. The molecule has 12 rings (SSSR count). The predicted octanol–water partition coefficient (Wildman–Crippen LogP) is 13.8. The number of hydrogen-bond donors (Lipinski definition) is 0. The van der Waals surface area contributed by atoms with Crippen molar-refractivity contribution < 1.29 is 4.42 Å². The number of nitrogens with zero attached hydrogens (tertiary/aromatic N) is 4. The number of fused-ring (bicyclic) bond motifs is 9. The molecule has 5 heteroatoms. The van der Waals surface area contributed by atoms with Crippen molar-refractivity contribution in [2.45, 2.75) is 0 Å². The van der Waals surface area contributed by atoms with Crippen molar-refractivity contribution in [2.24, 2.45) is 0 Å². The van der Waals surface area contributed by atoms with Gasteiger partial charge in [0.1, 0.15) is 11.2 Å². The van der Waals surface area contributed by atoms with Crippen LogP contribution in [0.5, 0.6) is 0 Å². The second-order valence-electron chi connectivity index (χ2n) is 14.8. The Morgan fingerprint density at radius 2 is 0.966 bits per heavy atom. The Morgan fingerprint density at radius 3 is 1.88 bits per heavy atom. The van der Waals surface area contributed by atoms with Crippen LogP contribution in [0.15, 0.2) is 199 Å². The van der Waals surface area contributed by atoms with Gasteiger partial charge in [-0.3, -0.25) is 4.57 Å². The summed E-state index contributed by atoms with van der Waals surface area (Å²) in [6.07, 6.45) is 0. The molecule has 5 nitrogen and oxygen atoms in total. The lowest BCUT2D eigenvalue weighted by molar-refractivity contribution is 0.669. The van der Waals surface area contributed by atoms with Crippen LogP contribution in [-0.2, 0) is 0 Å². The lowest BCUT2D eigenvalue weighted by Crippen LogP contribution is -2.06. The number of aromatic nitrogens is 4. The first kappa shape index (κ1) is 32.4. The Balaban J connectivity index is 1.13. The SMILES string of the molecule is c1ccc(-c2cccc3c2c2ccccc2n3-c2nc(-c3cccc(-c4cccc5ccc6ccccc6c45)c3)nc(-c3cccc4c3oc3ccccc34)n2)cc1. The minimum absolute atomic E-state index is 0.533. The van der Waals surface area contributed by atoms with Gasteiger partial charge in [0, 0.05) is 27.1 Å². The highest BCUT2D eigenvalue weighted by Crippen LogP contribution is 2.41. The first-order valence-corrected chi connectivity index (χ1v) is 19.5. The summed E-state index contributed by atoms with van der Waals surface area (Å²) < 4.78 is 8.75. The van der Waals surface area contributed by atoms with Gasteiger partial charge in [0.2, 0.25) is 5.95 Å². The van der Waals surface area contributed by atoms with E-state index in [0.29, 0.717) is 17.6 Å². The molecule has 0 unspecified atom stereocenters. The van der Waals surface area contributed by atoms with Crippen molar-refractivity contribution in [2.75, 3.05) is 0 Å². The van der Waals surface area contributed by atoms with E-state index in [1.165, 1.54) is 21.5 Å². The molecule has 0 spiro atoms. The number of hydrogen-bond acceptors (Lipinski definition) is 4. The number of rotatable bonds is 5. The summed E-state index contributed by atoms with van der Waals surface area (Å²) in [5.74, 6) is 1.65. The molecular formula is C53H32N4O. The minimum Gasteiger partial charge on any atom is -0.455 e. The van der Waals surface area contributed by atoms with E-state index in [1.54, 1.807) is 0 Å². The molecule has 3 heterocycles. The van der Waals surface area contributed by atoms with Crippen LogP contribution in [0.1, 0.15) is 0 Å². The second-order valence-corrected chi connectivity index (χ2v) is 14.8. The van der Waals surface area contributed by atoms with Gasteiger partial charge >= 0.3 is 0 Å². The summed E-state index contributed by atoms with van der Waals surface area (Å²) in [7, 11) is 0. The van der Waals surface area contributed by atoms with Crippen LogP contribution in [0.25, 0.3) is 116 Å². The lowest BCUT2D eigenvalue weighted by atomic mass is 9.93. The maximum atomic E-state index is 6.57. The van der Waals surface area contributed by atoms with Crippen molar-refractivity contribution in [3.05, 3.63) is 194 Å². The second kappa shape index (κ2) is 12.8. The summed E-state index contributed by atoms with van der Waals surface area (Å²) >= 11 is 0. The molecule has 0 amide bonds. The van der Waals surface area contributed by atoms with Gasteiger partial charge in [0.15, 0.2) is 11.6 Å². The monoisotopic (exact) mass is 740 g/mol. The van der Waals surface area contributed by atoms with E-state index in [-0.39, 0.29) is 0 Å². The maximum Gasteiger partial charge on any atom is 0.238 e. The van der Waals surface area contributed by atoms with Crippen LogP contribution >= 0.6 is 0 Å². The number of benzene rings is 9. The Morgan fingerprint density at radius 1 is 0.362 bits per heavy atom. The van der Waals surface area contributed by atoms with Gasteiger partial charge in [0.25, 0.3) is 0 Å². The smallest absolute Gasteiger partial charge is 0.238 e. The molecule has 58 heavy (non-hydrogen) atoms. The van der Waals surface area contributed by atoms with Gasteiger partial charge in [0.05, 0.1) is 16.6 Å². The van der Waals surface area contributed by atoms with Crippen LogP contribution in [0.3, 0.4) is 0 Å². The van der Waals surface area contributed by atoms with E-state index < -0.39 is 0 Å². The van der Waals surface area contributed by atoms with Crippen LogP contribution in [0, 0.1) is 0 Å². The quantitative estimate of drug-likeness (QED) is 0.165. The summed E-state index contributed by atoms with van der Waals surface area (Å²) in [6.45, 7) is 0. The van der Waals surface area contributed by atoms with Gasteiger partial charge in [-0.05, 0) is 74.1 Å². The summed E-state index contributed by atoms with van der Waals surface area (Å²) in [6, 6.07) is 68.0. The van der Waals surface area contributed by atoms with Gasteiger partial charge in [-0.25, -0.2) is 4.98 Å². The maximum absolute atomic E-state index is 6.57. The number of para-hydroxylation sites is 3. The fraction of sp³-hybridized carbons (Fsp3) is 0. The third kappa shape index (κ3) is 5.00. The van der Waals surface area contributed by atoms with Gasteiger partial charge in [-0.15, -0.1) is 0 Å². The average Bonchev–Trinajstić information content (AvgIpc) is 3.85. The average molecular weight is 741 g/mol. The molecule has 270 valence electrons. The highest BCUT2D eigenvalue weighted by molar-refractivity contribution is 6.16. The summed E-state index contributed by atoms with van der Waals surface area (Å²) in [5.41, 5.74) is 9.87. The Bertz CT molecular complexity index is 3580. The molecule has 3 aromatic heterocycles. The van der Waals surface area contributed by atoms with Gasteiger partial charge in [-0.1, -0.05) is 164 Å². The third-order valence-corrected chi connectivity index (χ3v) is 11.5. The molecule has 0 aliphatic heterocycles. The lowest BCUT2D eigenvalue weighted by Gasteiger charge is -2.13. The van der Waals surface area contributed by atoms with Crippen LogP contribution in [0.4, 0.5) is 0 Å². The molecule has 0 N–H and O–H groups in total. The van der Waals surface area contributed by atoms with E-state index in [4.69, 9.17) is 19.4 Å². The molecule has 0 saturated heterocycles. The zero-order valence-corrected chi connectivity index (χ0v) is 31.2. The zero-order valence-electron chi connectivity index (χ0n) is 31.2. The topological polar surface area (TPSA) is 56.7 Å². The van der Waals surface area contributed by atoms with E-state index in [1.807, 2.05) is 24.3 Å². The highest BCUT2D eigenvalue weighted by Gasteiger charge is 2.22. The molecular weight excluding hydrogens is 709 g/mol. The van der Waals surface area contributed by atoms with E-state index in [2.05, 4.69) is 174 Å². The van der Waals surface area contributed by atoms with E-state index in [0.717, 1.165) is 77.1 Å². The molecule has 0 radical (unpaired) electrons.